The Labute approximate surface area is 105 Å². The zero-order valence-corrected chi connectivity index (χ0v) is 11.1. The molecular weight excluding hydrogens is 208 g/mol. The van der Waals surface area contributed by atoms with Crippen LogP contribution in [-0.2, 0) is 0 Å². The fourth-order valence-corrected chi connectivity index (χ4v) is 2.57. The summed E-state index contributed by atoms with van der Waals surface area (Å²) in [6, 6.07) is 9.52. The highest BCUT2D eigenvalue weighted by Gasteiger charge is 2.13. The Hall–Kier alpha value is -1.02. The van der Waals surface area contributed by atoms with E-state index >= 15 is 0 Å². The van der Waals surface area contributed by atoms with Crippen LogP contribution in [0.2, 0.25) is 0 Å². The highest BCUT2D eigenvalue weighted by Crippen LogP contribution is 2.16. The van der Waals surface area contributed by atoms with Gasteiger partial charge < -0.3 is 10.2 Å². The van der Waals surface area contributed by atoms with Crippen molar-refractivity contribution in [3.63, 3.8) is 0 Å². The van der Waals surface area contributed by atoms with Gasteiger partial charge in [-0.3, -0.25) is 0 Å². The number of nitrogens with zero attached hydrogens (tertiary/aromatic N) is 1. The lowest BCUT2D eigenvalue weighted by atomic mass is 10.1. The van der Waals surface area contributed by atoms with E-state index in [1.165, 1.54) is 43.5 Å². The van der Waals surface area contributed by atoms with E-state index in [0.717, 1.165) is 12.6 Å². The molecule has 2 heteroatoms. The summed E-state index contributed by atoms with van der Waals surface area (Å²) in [5, 5.41) is 3.56. The molecule has 1 aromatic rings. The third kappa shape index (κ3) is 3.74. The highest BCUT2D eigenvalue weighted by molar-refractivity contribution is 5.47. The van der Waals surface area contributed by atoms with Crippen LogP contribution >= 0.6 is 0 Å². The van der Waals surface area contributed by atoms with E-state index in [0.29, 0.717) is 0 Å². The van der Waals surface area contributed by atoms with Crippen LogP contribution < -0.4 is 10.2 Å². The van der Waals surface area contributed by atoms with Crippen molar-refractivity contribution in [2.75, 3.05) is 25.0 Å². The number of rotatable bonds is 5. The first-order valence-electron chi connectivity index (χ1n) is 6.77. The normalized spacial score (nSPS) is 19.5. The average molecular weight is 232 g/mol. The van der Waals surface area contributed by atoms with Crippen LogP contribution in [-0.4, -0.2) is 26.2 Å². The van der Waals surface area contributed by atoms with Gasteiger partial charge in [0.1, 0.15) is 0 Å². The molecule has 17 heavy (non-hydrogen) atoms. The second-order valence-electron chi connectivity index (χ2n) is 5.20. The SMILES string of the molecule is Cc1cccc(N(C)CCCC2CCCN2)c1. The summed E-state index contributed by atoms with van der Waals surface area (Å²) in [7, 11) is 2.19. The van der Waals surface area contributed by atoms with Gasteiger partial charge >= 0.3 is 0 Å². The lowest BCUT2D eigenvalue weighted by Gasteiger charge is -2.20. The molecule has 1 heterocycles. The Kier molecular flexibility index (Phi) is 4.43. The van der Waals surface area contributed by atoms with Gasteiger partial charge in [0.15, 0.2) is 0 Å². The summed E-state index contributed by atoms with van der Waals surface area (Å²) in [6.45, 7) is 4.53. The number of anilines is 1. The molecule has 0 aromatic heterocycles. The third-order valence-corrected chi connectivity index (χ3v) is 3.65. The van der Waals surface area contributed by atoms with Gasteiger partial charge in [-0.05, 0) is 56.8 Å². The molecule has 0 aliphatic carbocycles. The van der Waals surface area contributed by atoms with Crippen molar-refractivity contribution in [2.24, 2.45) is 0 Å². The lowest BCUT2D eigenvalue weighted by Crippen LogP contribution is -2.24. The number of nitrogens with one attached hydrogen (secondary N) is 1. The number of benzene rings is 1. The maximum atomic E-state index is 3.56. The van der Waals surface area contributed by atoms with Gasteiger partial charge in [-0.15, -0.1) is 0 Å². The summed E-state index contributed by atoms with van der Waals surface area (Å²) < 4.78 is 0. The van der Waals surface area contributed by atoms with E-state index in [1.807, 2.05) is 0 Å². The van der Waals surface area contributed by atoms with Gasteiger partial charge in [-0.1, -0.05) is 12.1 Å². The zero-order chi connectivity index (χ0) is 12.1. The number of hydrogen-bond donors (Lipinski definition) is 1. The van der Waals surface area contributed by atoms with E-state index < -0.39 is 0 Å². The van der Waals surface area contributed by atoms with E-state index in [9.17, 15) is 0 Å². The second-order valence-corrected chi connectivity index (χ2v) is 5.20. The van der Waals surface area contributed by atoms with Crippen LogP contribution in [0, 0.1) is 6.92 Å². The molecule has 1 fully saturated rings. The standard InChI is InChI=1S/C15H24N2/c1-13-6-3-9-15(12-13)17(2)11-5-8-14-7-4-10-16-14/h3,6,9,12,14,16H,4-5,7-8,10-11H2,1-2H3. The minimum atomic E-state index is 0.779. The molecule has 0 amide bonds. The fourth-order valence-electron chi connectivity index (χ4n) is 2.57. The summed E-state index contributed by atoms with van der Waals surface area (Å²) >= 11 is 0. The van der Waals surface area contributed by atoms with Crippen molar-refractivity contribution in [1.82, 2.24) is 5.32 Å². The van der Waals surface area contributed by atoms with Crippen LogP contribution in [0.15, 0.2) is 24.3 Å². The third-order valence-electron chi connectivity index (χ3n) is 3.65. The molecule has 94 valence electrons. The molecule has 1 N–H and O–H groups in total. The average Bonchev–Trinajstić information content (AvgIpc) is 2.82. The van der Waals surface area contributed by atoms with Crippen LogP contribution in [0.1, 0.15) is 31.2 Å². The molecule has 1 aliphatic heterocycles. The van der Waals surface area contributed by atoms with Gasteiger partial charge in [0.2, 0.25) is 0 Å². The number of hydrogen-bond acceptors (Lipinski definition) is 2. The molecule has 1 unspecified atom stereocenters. The Morgan fingerprint density at radius 2 is 2.29 bits per heavy atom. The van der Waals surface area contributed by atoms with E-state index in [4.69, 9.17) is 0 Å². The minimum Gasteiger partial charge on any atom is -0.375 e. The summed E-state index contributed by atoms with van der Waals surface area (Å²) in [6.07, 6.45) is 5.32. The second kappa shape index (κ2) is 6.06. The Bertz CT molecular complexity index is 343. The molecule has 1 atom stereocenters. The van der Waals surface area contributed by atoms with Gasteiger partial charge in [0, 0.05) is 25.3 Å². The van der Waals surface area contributed by atoms with Gasteiger partial charge in [0.05, 0.1) is 0 Å². The largest absolute Gasteiger partial charge is 0.375 e. The predicted octanol–water partition coefficient (Wildman–Crippen LogP) is 2.96. The van der Waals surface area contributed by atoms with E-state index in [-0.39, 0.29) is 0 Å². The van der Waals surface area contributed by atoms with E-state index in [1.54, 1.807) is 0 Å². The zero-order valence-electron chi connectivity index (χ0n) is 11.1. The molecule has 0 bridgehead atoms. The summed E-state index contributed by atoms with van der Waals surface area (Å²) in [5.41, 5.74) is 2.68. The van der Waals surface area contributed by atoms with Crippen molar-refractivity contribution < 1.29 is 0 Å². The Morgan fingerprint density at radius 1 is 1.41 bits per heavy atom. The highest BCUT2D eigenvalue weighted by atomic mass is 15.1. The maximum Gasteiger partial charge on any atom is 0.0366 e. The van der Waals surface area contributed by atoms with E-state index in [2.05, 4.69) is 48.5 Å². The first-order valence-corrected chi connectivity index (χ1v) is 6.77. The first kappa shape index (κ1) is 12.4. The molecule has 2 rings (SSSR count). The van der Waals surface area contributed by atoms with Gasteiger partial charge in [-0.25, -0.2) is 0 Å². The monoisotopic (exact) mass is 232 g/mol. The number of aryl methyl sites for hydroxylation is 1. The molecule has 1 aromatic carbocycles. The smallest absolute Gasteiger partial charge is 0.0366 e. The van der Waals surface area contributed by atoms with Crippen LogP contribution in [0.4, 0.5) is 5.69 Å². The molecule has 0 saturated carbocycles. The van der Waals surface area contributed by atoms with Crippen LogP contribution in [0.25, 0.3) is 0 Å². The van der Waals surface area contributed by atoms with Crippen LogP contribution in [0.5, 0.6) is 0 Å². The van der Waals surface area contributed by atoms with Gasteiger partial charge in [0.25, 0.3) is 0 Å². The van der Waals surface area contributed by atoms with Crippen LogP contribution in [0.3, 0.4) is 0 Å². The summed E-state index contributed by atoms with van der Waals surface area (Å²) in [5.74, 6) is 0. The molecular formula is C15H24N2. The Morgan fingerprint density at radius 3 is 3.00 bits per heavy atom. The molecule has 1 aliphatic rings. The molecule has 2 nitrogen and oxygen atoms in total. The quantitative estimate of drug-likeness (QED) is 0.839. The fraction of sp³-hybridized carbons (Fsp3) is 0.600. The van der Waals surface area contributed by atoms with Crippen molar-refractivity contribution in [1.29, 1.82) is 0 Å². The Balaban J connectivity index is 1.74. The van der Waals surface area contributed by atoms with Crippen molar-refractivity contribution >= 4 is 5.69 Å². The predicted molar refractivity (Wildman–Crippen MR) is 74.7 cm³/mol. The van der Waals surface area contributed by atoms with Gasteiger partial charge in [-0.2, -0.15) is 0 Å². The first-order chi connectivity index (χ1) is 8.25. The molecule has 0 spiro atoms. The molecule has 0 radical (unpaired) electrons. The summed E-state index contributed by atoms with van der Waals surface area (Å²) in [4.78, 5) is 2.36. The van der Waals surface area contributed by atoms with Crippen molar-refractivity contribution in [2.45, 2.75) is 38.6 Å². The lowest BCUT2D eigenvalue weighted by molar-refractivity contribution is 0.536. The van der Waals surface area contributed by atoms with Crippen molar-refractivity contribution in [3.8, 4) is 0 Å². The topological polar surface area (TPSA) is 15.3 Å². The molecule has 1 saturated heterocycles. The maximum absolute atomic E-state index is 3.56. The van der Waals surface area contributed by atoms with Crippen molar-refractivity contribution in [3.05, 3.63) is 29.8 Å². The minimum absolute atomic E-state index is 0.779.